The van der Waals surface area contributed by atoms with E-state index in [9.17, 15) is 0 Å². The third kappa shape index (κ3) is 2.47. The maximum Gasteiger partial charge on any atom is 0.0724 e. The van der Waals surface area contributed by atoms with Crippen molar-refractivity contribution in [2.24, 2.45) is 0 Å². The van der Waals surface area contributed by atoms with E-state index in [0.717, 1.165) is 15.1 Å². The second-order valence-corrected chi connectivity index (χ2v) is 3.46. The number of hydrogen-bond acceptors (Lipinski definition) is 1. The van der Waals surface area contributed by atoms with Crippen LogP contribution in [0.4, 0.5) is 0 Å². The van der Waals surface area contributed by atoms with Crippen molar-refractivity contribution in [2.75, 3.05) is 7.11 Å². The van der Waals surface area contributed by atoms with Crippen LogP contribution >= 0.6 is 27.5 Å². The summed E-state index contributed by atoms with van der Waals surface area (Å²) in [6, 6.07) is 5.65. The Morgan fingerprint density at radius 1 is 1.55 bits per heavy atom. The van der Waals surface area contributed by atoms with Gasteiger partial charge >= 0.3 is 0 Å². The van der Waals surface area contributed by atoms with Gasteiger partial charge in [-0.1, -0.05) is 33.6 Å². The number of methoxy groups -OCH3 is 1. The number of ether oxygens (including phenoxy) is 1. The fourth-order valence-electron chi connectivity index (χ4n) is 0.794. The van der Waals surface area contributed by atoms with Gasteiger partial charge in [-0.05, 0) is 17.7 Å². The third-order valence-electron chi connectivity index (χ3n) is 1.31. The molecule has 0 saturated heterocycles. The molecule has 11 heavy (non-hydrogen) atoms. The summed E-state index contributed by atoms with van der Waals surface area (Å²) in [4.78, 5) is 0. The second kappa shape index (κ2) is 4.10. The van der Waals surface area contributed by atoms with Crippen LogP contribution in [0.2, 0.25) is 5.02 Å². The summed E-state index contributed by atoms with van der Waals surface area (Å²) in [6.07, 6.45) is 0. The highest BCUT2D eigenvalue weighted by molar-refractivity contribution is 9.10. The van der Waals surface area contributed by atoms with Gasteiger partial charge in [-0.25, -0.2) is 0 Å². The molecule has 0 N–H and O–H groups in total. The van der Waals surface area contributed by atoms with E-state index >= 15 is 0 Å². The number of benzene rings is 1. The van der Waals surface area contributed by atoms with E-state index in [0.29, 0.717) is 6.61 Å². The Bertz CT molecular complexity index is 250. The predicted octanol–water partition coefficient (Wildman–Crippen LogP) is 3.25. The third-order valence-corrected chi connectivity index (χ3v) is 2.29. The van der Waals surface area contributed by atoms with Crippen LogP contribution in [0.15, 0.2) is 22.7 Å². The molecule has 1 aromatic carbocycles. The van der Waals surface area contributed by atoms with Gasteiger partial charge in [0.2, 0.25) is 0 Å². The van der Waals surface area contributed by atoms with Crippen molar-refractivity contribution < 1.29 is 4.74 Å². The number of halogens is 2. The molecular formula is C8H8BrClO. The van der Waals surface area contributed by atoms with Gasteiger partial charge in [0.05, 0.1) is 6.61 Å². The molecule has 0 saturated carbocycles. The highest BCUT2D eigenvalue weighted by atomic mass is 79.9. The Morgan fingerprint density at radius 2 is 2.27 bits per heavy atom. The summed E-state index contributed by atoms with van der Waals surface area (Å²) in [5, 5.41) is 0.733. The Morgan fingerprint density at radius 3 is 2.82 bits per heavy atom. The first kappa shape index (κ1) is 9.04. The van der Waals surface area contributed by atoms with E-state index in [1.807, 2.05) is 18.2 Å². The van der Waals surface area contributed by atoms with E-state index in [-0.39, 0.29) is 0 Å². The van der Waals surface area contributed by atoms with E-state index in [4.69, 9.17) is 16.3 Å². The maximum atomic E-state index is 5.75. The molecule has 3 heteroatoms. The molecule has 0 aliphatic rings. The standard InChI is InChI=1S/C8H8BrClO/c1-11-5-6-2-3-7(10)4-8(6)9/h2-4H,5H2,1H3. The molecule has 0 atom stereocenters. The molecular weight excluding hydrogens is 227 g/mol. The van der Waals surface area contributed by atoms with Crippen molar-refractivity contribution >= 4 is 27.5 Å². The smallest absolute Gasteiger partial charge is 0.0724 e. The molecule has 0 heterocycles. The van der Waals surface area contributed by atoms with Gasteiger partial charge in [-0.2, -0.15) is 0 Å². The zero-order valence-electron chi connectivity index (χ0n) is 6.10. The molecule has 0 radical (unpaired) electrons. The average molecular weight is 236 g/mol. The first-order valence-corrected chi connectivity index (χ1v) is 4.34. The average Bonchev–Trinajstić information content (AvgIpc) is 1.95. The SMILES string of the molecule is COCc1ccc(Cl)cc1Br. The first-order chi connectivity index (χ1) is 5.24. The Hall–Kier alpha value is -0.0500. The van der Waals surface area contributed by atoms with E-state index in [1.54, 1.807) is 7.11 Å². The summed E-state index contributed by atoms with van der Waals surface area (Å²) >= 11 is 9.13. The van der Waals surface area contributed by atoms with Crippen LogP contribution < -0.4 is 0 Å². The summed E-state index contributed by atoms with van der Waals surface area (Å²) in [7, 11) is 1.67. The zero-order valence-corrected chi connectivity index (χ0v) is 8.45. The van der Waals surface area contributed by atoms with Crippen molar-refractivity contribution in [3.8, 4) is 0 Å². The minimum Gasteiger partial charge on any atom is -0.380 e. The van der Waals surface area contributed by atoms with Crippen LogP contribution in [0, 0.1) is 0 Å². The van der Waals surface area contributed by atoms with Crippen molar-refractivity contribution in [3.63, 3.8) is 0 Å². The second-order valence-electron chi connectivity index (χ2n) is 2.17. The highest BCUT2D eigenvalue weighted by Gasteiger charge is 1.98. The van der Waals surface area contributed by atoms with Crippen LogP contribution in [0.1, 0.15) is 5.56 Å². The molecule has 1 rings (SSSR count). The summed E-state index contributed by atoms with van der Waals surface area (Å²) in [5.74, 6) is 0. The molecule has 0 amide bonds. The van der Waals surface area contributed by atoms with Gasteiger partial charge in [0.25, 0.3) is 0 Å². The molecule has 0 aromatic heterocycles. The summed E-state index contributed by atoms with van der Waals surface area (Å²) in [5.41, 5.74) is 1.11. The van der Waals surface area contributed by atoms with Crippen LogP contribution in [0.25, 0.3) is 0 Å². The zero-order chi connectivity index (χ0) is 8.27. The summed E-state index contributed by atoms with van der Waals surface area (Å²) in [6.45, 7) is 0.609. The van der Waals surface area contributed by atoms with Crippen molar-refractivity contribution in [2.45, 2.75) is 6.61 Å². The molecule has 60 valence electrons. The highest BCUT2D eigenvalue weighted by Crippen LogP contribution is 2.21. The molecule has 0 aliphatic carbocycles. The van der Waals surface area contributed by atoms with Gasteiger partial charge < -0.3 is 4.74 Å². The molecule has 0 spiro atoms. The van der Waals surface area contributed by atoms with Gasteiger partial charge in [-0.15, -0.1) is 0 Å². The normalized spacial score (nSPS) is 10.1. The first-order valence-electron chi connectivity index (χ1n) is 3.17. The molecule has 0 bridgehead atoms. The van der Waals surface area contributed by atoms with Crippen molar-refractivity contribution in [1.82, 2.24) is 0 Å². The van der Waals surface area contributed by atoms with Crippen molar-refractivity contribution in [1.29, 1.82) is 0 Å². The minimum absolute atomic E-state index is 0.609. The van der Waals surface area contributed by atoms with Crippen LogP contribution in [-0.4, -0.2) is 7.11 Å². The lowest BCUT2D eigenvalue weighted by atomic mass is 10.2. The largest absolute Gasteiger partial charge is 0.380 e. The lowest BCUT2D eigenvalue weighted by molar-refractivity contribution is 0.184. The Kier molecular flexibility index (Phi) is 3.37. The molecule has 0 fully saturated rings. The topological polar surface area (TPSA) is 9.23 Å². The lowest BCUT2D eigenvalue weighted by Gasteiger charge is -2.02. The van der Waals surface area contributed by atoms with Crippen LogP contribution in [-0.2, 0) is 11.3 Å². The van der Waals surface area contributed by atoms with Crippen LogP contribution in [0.5, 0.6) is 0 Å². The Labute approximate surface area is 79.4 Å². The Balaban J connectivity index is 2.90. The summed E-state index contributed by atoms with van der Waals surface area (Å²) < 4.78 is 5.97. The lowest BCUT2D eigenvalue weighted by Crippen LogP contribution is -1.87. The predicted molar refractivity (Wildman–Crippen MR) is 49.9 cm³/mol. The fraction of sp³-hybridized carbons (Fsp3) is 0.250. The quantitative estimate of drug-likeness (QED) is 0.765. The van der Waals surface area contributed by atoms with Gasteiger partial charge in [0.1, 0.15) is 0 Å². The molecule has 1 aromatic rings. The van der Waals surface area contributed by atoms with E-state index < -0.39 is 0 Å². The monoisotopic (exact) mass is 234 g/mol. The van der Waals surface area contributed by atoms with Gasteiger partial charge in [0, 0.05) is 16.6 Å². The number of rotatable bonds is 2. The van der Waals surface area contributed by atoms with Gasteiger partial charge in [0.15, 0.2) is 0 Å². The minimum atomic E-state index is 0.609. The number of hydrogen-bond donors (Lipinski definition) is 0. The van der Waals surface area contributed by atoms with E-state index in [2.05, 4.69) is 15.9 Å². The maximum absolute atomic E-state index is 5.75. The molecule has 0 unspecified atom stereocenters. The van der Waals surface area contributed by atoms with E-state index in [1.165, 1.54) is 0 Å². The van der Waals surface area contributed by atoms with Gasteiger partial charge in [-0.3, -0.25) is 0 Å². The fourth-order valence-corrected chi connectivity index (χ4v) is 1.59. The molecule has 1 nitrogen and oxygen atoms in total. The molecule has 0 aliphatic heterocycles. The van der Waals surface area contributed by atoms with Crippen LogP contribution in [0.3, 0.4) is 0 Å². The van der Waals surface area contributed by atoms with Crippen molar-refractivity contribution in [3.05, 3.63) is 33.3 Å².